The third kappa shape index (κ3) is 5.45. The van der Waals surface area contributed by atoms with E-state index in [1.165, 1.54) is 11.8 Å². The van der Waals surface area contributed by atoms with Gasteiger partial charge in [0.2, 0.25) is 11.8 Å². The van der Waals surface area contributed by atoms with Crippen LogP contribution in [0.3, 0.4) is 0 Å². The van der Waals surface area contributed by atoms with Gasteiger partial charge in [0.25, 0.3) is 0 Å². The minimum Gasteiger partial charge on any atom is -0.328 e. The standard InChI is InChI=1S/C17H15ClF3N3O2/c1-11(25)24(9-13-4-2-3-7-22-13)10-16(26)23-15-8-12(17(19,20)21)5-6-14(15)18/h2-8H,9-10H2,1H3,(H,23,26). The van der Waals surface area contributed by atoms with Crippen LogP contribution in [0.4, 0.5) is 18.9 Å². The average molecular weight is 386 g/mol. The van der Waals surface area contributed by atoms with E-state index in [-0.39, 0.29) is 29.7 Å². The Morgan fingerprint density at radius 2 is 1.96 bits per heavy atom. The van der Waals surface area contributed by atoms with Crippen molar-refractivity contribution in [1.29, 1.82) is 0 Å². The summed E-state index contributed by atoms with van der Waals surface area (Å²) < 4.78 is 38.3. The first-order valence-corrected chi connectivity index (χ1v) is 7.86. The molecule has 0 aliphatic heterocycles. The molecule has 2 rings (SSSR count). The van der Waals surface area contributed by atoms with E-state index in [0.717, 1.165) is 18.2 Å². The smallest absolute Gasteiger partial charge is 0.328 e. The zero-order valence-electron chi connectivity index (χ0n) is 13.7. The third-order valence-corrected chi connectivity index (χ3v) is 3.76. The number of hydrogen-bond donors (Lipinski definition) is 1. The minimum absolute atomic E-state index is 0.0366. The molecule has 0 radical (unpaired) electrons. The topological polar surface area (TPSA) is 62.3 Å². The van der Waals surface area contributed by atoms with Crippen molar-refractivity contribution in [2.45, 2.75) is 19.6 Å². The van der Waals surface area contributed by atoms with Crippen LogP contribution in [-0.4, -0.2) is 28.2 Å². The molecule has 0 atom stereocenters. The molecule has 138 valence electrons. The Bertz CT molecular complexity index is 798. The van der Waals surface area contributed by atoms with E-state index < -0.39 is 17.6 Å². The van der Waals surface area contributed by atoms with Gasteiger partial charge in [-0.25, -0.2) is 0 Å². The Hall–Kier alpha value is -2.61. The number of alkyl halides is 3. The highest BCUT2D eigenvalue weighted by atomic mass is 35.5. The lowest BCUT2D eigenvalue weighted by Crippen LogP contribution is -2.36. The quantitative estimate of drug-likeness (QED) is 0.852. The first kappa shape index (κ1) is 19.7. The summed E-state index contributed by atoms with van der Waals surface area (Å²) in [6, 6.07) is 7.76. The van der Waals surface area contributed by atoms with Crippen LogP contribution in [0, 0.1) is 0 Å². The molecule has 2 amide bonds. The summed E-state index contributed by atoms with van der Waals surface area (Å²) in [6.07, 6.45) is -3.01. The van der Waals surface area contributed by atoms with Gasteiger partial charge in [-0.05, 0) is 30.3 Å². The normalized spacial score (nSPS) is 11.1. The number of amides is 2. The van der Waals surface area contributed by atoms with Gasteiger partial charge in [0.1, 0.15) is 6.54 Å². The SMILES string of the molecule is CC(=O)N(CC(=O)Nc1cc(C(F)(F)F)ccc1Cl)Cc1ccccn1. The Morgan fingerprint density at radius 3 is 2.54 bits per heavy atom. The van der Waals surface area contributed by atoms with Gasteiger partial charge < -0.3 is 10.2 Å². The van der Waals surface area contributed by atoms with Crippen LogP contribution < -0.4 is 5.32 Å². The molecule has 1 aromatic carbocycles. The lowest BCUT2D eigenvalue weighted by molar-refractivity contribution is -0.137. The molecule has 0 saturated heterocycles. The molecule has 5 nitrogen and oxygen atoms in total. The van der Waals surface area contributed by atoms with E-state index in [1.807, 2.05) is 0 Å². The van der Waals surface area contributed by atoms with Crippen LogP contribution in [0.15, 0.2) is 42.6 Å². The van der Waals surface area contributed by atoms with Gasteiger partial charge in [0.05, 0.1) is 28.5 Å². The molecule has 1 heterocycles. The van der Waals surface area contributed by atoms with E-state index in [0.29, 0.717) is 5.69 Å². The fraction of sp³-hybridized carbons (Fsp3) is 0.235. The zero-order chi connectivity index (χ0) is 19.3. The largest absolute Gasteiger partial charge is 0.416 e. The Balaban J connectivity index is 2.10. The van der Waals surface area contributed by atoms with E-state index >= 15 is 0 Å². The van der Waals surface area contributed by atoms with Crippen molar-refractivity contribution in [2.75, 3.05) is 11.9 Å². The number of carbonyl (C=O) groups is 2. The maximum absolute atomic E-state index is 12.8. The molecule has 1 aromatic heterocycles. The molecule has 0 spiro atoms. The van der Waals surface area contributed by atoms with E-state index in [1.54, 1.807) is 24.4 Å². The third-order valence-electron chi connectivity index (χ3n) is 3.43. The first-order chi connectivity index (χ1) is 12.2. The molecule has 0 bridgehead atoms. The molecular formula is C17H15ClF3N3O2. The zero-order valence-corrected chi connectivity index (χ0v) is 14.4. The van der Waals surface area contributed by atoms with Gasteiger partial charge in [-0.3, -0.25) is 14.6 Å². The van der Waals surface area contributed by atoms with Crippen molar-refractivity contribution in [1.82, 2.24) is 9.88 Å². The second kappa shape index (κ2) is 8.18. The van der Waals surface area contributed by atoms with Crippen LogP contribution in [0.25, 0.3) is 0 Å². The van der Waals surface area contributed by atoms with Crippen LogP contribution in [-0.2, 0) is 22.3 Å². The molecule has 2 aromatic rings. The number of carbonyl (C=O) groups excluding carboxylic acids is 2. The predicted molar refractivity (Wildman–Crippen MR) is 90.4 cm³/mol. The van der Waals surface area contributed by atoms with Crippen molar-refractivity contribution in [3.63, 3.8) is 0 Å². The molecule has 1 N–H and O–H groups in total. The number of hydrogen-bond acceptors (Lipinski definition) is 3. The molecule has 0 saturated carbocycles. The Labute approximate surface area is 152 Å². The lowest BCUT2D eigenvalue weighted by atomic mass is 10.2. The van der Waals surface area contributed by atoms with Gasteiger partial charge >= 0.3 is 6.18 Å². The van der Waals surface area contributed by atoms with E-state index in [9.17, 15) is 22.8 Å². The summed E-state index contributed by atoms with van der Waals surface area (Å²) in [5, 5.41) is 2.27. The predicted octanol–water partition coefficient (Wildman–Crippen LogP) is 3.74. The highest BCUT2D eigenvalue weighted by Gasteiger charge is 2.31. The number of halogens is 4. The Morgan fingerprint density at radius 1 is 1.23 bits per heavy atom. The lowest BCUT2D eigenvalue weighted by Gasteiger charge is -2.20. The van der Waals surface area contributed by atoms with E-state index in [2.05, 4.69) is 10.3 Å². The maximum Gasteiger partial charge on any atom is 0.416 e. The summed E-state index contributed by atoms with van der Waals surface area (Å²) >= 11 is 5.85. The monoisotopic (exact) mass is 385 g/mol. The first-order valence-electron chi connectivity index (χ1n) is 7.49. The van der Waals surface area contributed by atoms with Gasteiger partial charge in [-0.15, -0.1) is 0 Å². The number of pyridine rings is 1. The molecule has 0 aliphatic rings. The van der Waals surface area contributed by atoms with Crippen molar-refractivity contribution >= 4 is 29.1 Å². The summed E-state index contributed by atoms with van der Waals surface area (Å²) in [5.41, 5.74) is -0.533. The molecule has 0 fully saturated rings. The average Bonchev–Trinajstić information content (AvgIpc) is 2.56. The number of aromatic nitrogens is 1. The van der Waals surface area contributed by atoms with Crippen LogP contribution >= 0.6 is 11.6 Å². The molecular weight excluding hydrogens is 371 g/mol. The molecule has 9 heteroatoms. The van der Waals surface area contributed by atoms with Crippen molar-refractivity contribution in [3.05, 3.63) is 58.9 Å². The molecule has 26 heavy (non-hydrogen) atoms. The fourth-order valence-corrected chi connectivity index (χ4v) is 2.29. The number of rotatable bonds is 5. The van der Waals surface area contributed by atoms with Gasteiger partial charge in [-0.1, -0.05) is 17.7 Å². The molecule has 0 unspecified atom stereocenters. The highest BCUT2D eigenvalue weighted by molar-refractivity contribution is 6.33. The van der Waals surface area contributed by atoms with Crippen LogP contribution in [0.2, 0.25) is 5.02 Å². The number of benzene rings is 1. The second-order valence-corrected chi connectivity index (χ2v) is 5.84. The van der Waals surface area contributed by atoms with Gasteiger partial charge in [-0.2, -0.15) is 13.2 Å². The fourth-order valence-electron chi connectivity index (χ4n) is 2.13. The second-order valence-electron chi connectivity index (χ2n) is 5.44. The summed E-state index contributed by atoms with van der Waals surface area (Å²) in [4.78, 5) is 29.2. The van der Waals surface area contributed by atoms with Crippen molar-refractivity contribution in [2.24, 2.45) is 0 Å². The maximum atomic E-state index is 12.8. The molecule has 0 aliphatic carbocycles. The highest BCUT2D eigenvalue weighted by Crippen LogP contribution is 2.33. The minimum atomic E-state index is -4.56. The summed E-state index contributed by atoms with van der Waals surface area (Å²) in [5.74, 6) is -1.04. The van der Waals surface area contributed by atoms with Crippen LogP contribution in [0.1, 0.15) is 18.2 Å². The summed E-state index contributed by atoms with van der Waals surface area (Å²) in [7, 11) is 0. The number of nitrogens with one attached hydrogen (secondary N) is 1. The number of nitrogens with zero attached hydrogens (tertiary/aromatic N) is 2. The van der Waals surface area contributed by atoms with E-state index in [4.69, 9.17) is 11.6 Å². The van der Waals surface area contributed by atoms with Gasteiger partial charge in [0, 0.05) is 13.1 Å². The van der Waals surface area contributed by atoms with Gasteiger partial charge in [0.15, 0.2) is 0 Å². The summed E-state index contributed by atoms with van der Waals surface area (Å²) in [6.45, 7) is 1.03. The van der Waals surface area contributed by atoms with Crippen molar-refractivity contribution < 1.29 is 22.8 Å². The van der Waals surface area contributed by atoms with Crippen LogP contribution in [0.5, 0.6) is 0 Å². The van der Waals surface area contributed by atoms with Crippen molar-refractivity contribution in [3.8, 4) is 0 Å². The number of anilines is 1. The Kier molecular flexibility index (Phi) is 6.20.